The summed E-state index contributed by atoms with van der Waals surface area (Å²) < 4.78 is 38.4. The molecule has 0 bridgehead atoms. The molecule has 2 rings (SSSR count). The van der Waals surface area contributed by atoms with Gasteiger partial charge in [-0.15, -0.1) is 0 Å². The van der Waals surface area contributed by atoms with Crippen molar-refractivity contribution >= 4 is 22.9 Å². The molecule has 2 aromatic rings. The van der Waals surface area contributed by atoms with Gasteiger partial charge in [0.25, 0.3) is 5.91 Å². The lowest BCUT2D eigenvalue weighted by Gasteiger charge is -2.19. The van der Waals surface area contributed by atoms with Crippen LogP contribution in [0.2, 0.25) is 0 Å². The Balaban J connectivity index is 2.27. The zero-order valence-electron chi connectivity index (χ0n) is 11.1. The number of nitrogens with two attached hydrogens (primary N) is 1. The molecule has 1 heterocycles. The van der Waals surface area contributed by atoms with Crippen molar-refractivity contribution in [2.45, 2.75) is 12.7 Å². The highest BCUT2D eigenvalue weighted by Crippen LogP contribution is 2.35. The van der Waals surface area contributed by atoms with Crippen LogP contribution in [0.4, 0.5) is 18.9 Å². The second kappa shape index (κ2) is 5.77. The van der Waals surface area contributed by atoms with Crippen molar-refractivity contribution in [3.63, 3.8) is 0 Å². The van der Waals surface area contributed by atoms with Crippen LogP contribution in [0, 0.1) is 0 Å². The Morgan fingerprint density at radius 3 is 2.62 bits per heavy atom. The standard InChI is InChI=1S/C14H13F3N2OS/c1-19(7-9-5-6-21-8-9)13(20)10-3-2-4-11(12(10)18)14(15,16)17/h2-6,8H,7,18H2,1H3. The predicted molar refractivity (Wildman–Crippen MR) is 76.0 cm³/mol. The molecule has 0 saturated carbocycles. The molecular weight excluding hydrogens is 301 g/mol. The van der Waals surface area contributed by atoms with Crippen molar-refractivity contribution < 1.29 is 18.0 Å². The van der Waals surface area contributed by atoms with Gasteiger partial charge in [0.2, 0.25) is 0 Å². The van der Waals surface area contributed by atoms with E-state index in [2.05, 4.69) is 0 Å². The third kappa shape index (κ3) is 3.36. The number of carbonyl (C=O) groups excluding carboxylic acids is 1. The van der Waals surface area contributed by atoms with E-state index in [1.165, 1.54) is 35.4 Å². The fourth-order valence-corrected chi connectivity index (χ4v) is 2.59. The first-order valence-electron chi connectivity index (χ1n) is 6.03. The Bertz CT molecular complexity index is 638. The molecule has 0 aliphatic carbocycles. The van der Waals surface area contributed by atoms with Crippen molar-refractivity contribution in [2.24, 2.45) is 0 Å². The number of anilines is 1. The zero-order chi connectivity index (χ0) is 15.6. The zero-order valence-corrected chi connectivity index (χ0v) is 12.0. The second-order valence-electron chi connectivity index (χ2n) is 4.56. The van der Waals surface area contributed by atoms with Crippen LogP contribution in [-0.4, -0.2) is 17.9 Å². The largest absolute Gasteiger partial charge is 0.418 e. The molecule has 1 aromatic heterocycles. The lowest BCUT2D eigenvalue weighted by atomic mass is 10.1. The Hall–Kier alpha value is -2.02. The number of hydrogen-bond acceptors (Lipinski definition) is 3. The molecular formula is C14H13F3N2OS. The number of carbonyl (C=O) groups is 1. The molecule has 2 N–H and O–H groups in total. The number of thiophene rings is 1. The van der Waals surface area contributed by atoms with E-state index in [1.54, 1.807) is 0 Å². The van der Waals surface area contributed by atoms with E-state index < -0.39 is 23.3 Å². The smallest absolute Gasteiger partial charge is 0.398 e. The number of nitrogen functional groups attached to an aromatic ring is 1. The molecule has 112 valence electrons. The van der Waals surface area contributed by atoms with Crippen molar-refractivity contribution in [2.75, 3.05) is 12.8 Å². The highest BCUT2D eigenvalue weighted by Gasteiger charge is 2.34. The summed E-state index contributed by atoms with van der Waals surface area (Å²) in [6.45, 7) is 0.317. The minimum Gasteiger partial charge on any atom is -0.398 e. The van der Waals surface area contributed by atoms with Gasteiger partial charge < -0.3 is 10.6 Å². The van der Waals surface area contributed by atoms with Gasteiger partial charge in [-0.3, -0.25) is 4.79 Å². The third-order valence-corrected chi connectivity index (χ3v) is 3.72. The average molecular weight is 314 g/mol. The molecule has 0 saturated heterocycles. The van der Waals surface area contributed by atoms with E-state index >= 15 is 0 Å². The van der Waals surface area contributed by atoms with Gasteiger partial charge in [0, 0.05) is 13.6 Å². The number of amides is 1. The summed E-state index contributed by atoms with van der Waals surface area (Å²) in [6, 6.07) is 5.21. The second-order valence-corrected chi connectivity index (χ2v) is 5.34. The normalized spacial score (nSPS) is 11.4. The maximum Gasteiger partial charge on any atom is 0.418 e. The van der Waals surface area contributed by atoms with Crippen LogP contribution in [0.3, 0.4) is 0 Å². The summed E-state index contributed by atoms with van der Waals surface area (Å²) >= 11 is 1.49. The molecule has 1 aromatic carbocycles. The van der Waals surface area contributed by atoms with Crippen LogP contribution in [-0.2, 0) is 12.7 Å². The molecule has 0 unspecified atom stereocenters. The molecule has 7 heteroatoms. The van der Waals surface area contributed by atoms with Crippen LogP contribution >= 0.6 is 11.3 Å². The maximum absolute atomic E-state index is 12.8. The highest BCUT2D eigenvalue weighted by atomic mass is 32.1. The Kier molecular flexibility index (Phi) is 4.22. The Morgan fingerprint density at radius 2 is 2.05 bits per heavy atom. The SMILES string of the molecule is CN(Cc1ccsc1)C(=O)c1cccc(C(F)(F)F)c1N. The number of benzene rings is 1. The quantitative estimate of drug-likeness (QED) is 0.880. The van der Waals surface area contributed by atoms with Gasteiger partial charge >= 0.3 is 6.18 Å². The maximum atomic E-state index is 12.8. The average Bonchev–Trinajstić information content (AvgIpc) is 2.89. The molecule has 0 spiro atoms. The fraction of sp³-hybridized carbons (Fsp3) is 0.214. The van der Waals surface area contributed by atoms with E-state index in [9.17, 15) is 18.0 Å². The summed E-state index contributed by atoms with van der Waals surface area (Å²) in [5, 5.41) is 3.74. The number of para-hydroxylation sites is 1. The number of halogens is 3. The summed E-state index contributed by atoms with van der Waals surface area (Å²) in [5.41, 5.74) is 4.77. The van der Waals surface area contributed by atoms with E-state index in [-0.39, 0.29) is 5.56 Å². The van der Waals surface area contributed by atoms with Gasteiger partial charge in [0.05, 0.1) is 16.8 Å². The lowest BCUT2D eigenvalue weighted by molar-refractivity contribution is -0.136. The molecule has 21 heavy (non-hydrogen) atoms. The van der Waals surface area contributed by atoms with Gasteiger partial charge in [-0.25, -0.2) is 0 Å². The minimum atomic E-state index is -4.58. The topological polar surface area (TPSA) is 46.3 Å². The van der Waals surface area contributed by atoms with Gasteiger partial charge in [0.1, 0.15) is 0 Å². The van der Waals surface area contributed by atoms with E-state index in [1.807, 2.05) is 16.8 Å². The number of alkyl halides is 3. The Labute approximate surface area is 123 Å². The van der Waals surface area contributed by atoms with E-state index in [0.717, 1.165) is 11.6 Å². The summed E-state index contributed by atoms with van der Waals surface area (Å²) in [7, 11) is 1.53. The van der Waals surface area contributed by atoms with E-state index in [0.29, 0.717) is 6.54 Å². The number of rotatable bonds is 3. The number of nitrogens with zero attached hydrogens (tertiary/aromatic N) is 1. The predicted octanol–water partition coefficient (Wildman–Crippen LogP) is 3.62. The van der Waals surface area contributed by atoms with Crippen LogP contribution in [0.1, 0.15) is 21.5 Å². The molecule has 0 radical (unpaired) electrons. The Morgan fingerprint density at radius 1 is 1.33 bits per heavy atom. The first-order valence-corrected chi connectivity index (χ1v) is 6.97. The summed E-state index contributed by atoms with van der Waals surface area (Å²) in [4.78, 5) is 13.6. The third-order valence-electron chi connectivity index (χ3n) is 2.99. The monoisotopic (exact) mass is 314 g/mol. The molecule has 1 amide bonds. The first kappa shape index (κ1) is 15.4. The van der Waals surface area contributed by atoms with Gasteiger partial charge in [-0.05, 0) is 34.5 Å². The van der Waals surface area contributed by atoms with Crippen LogP contribution in [0.5, 0.6) is 0 Å². The lowest BCUT2D eigenvalue weighted by Crippen LogP contribution is -2.27. The van der Waals surface area contributed by atoms with Crippen molar-refractivity contribution in [1.29, 1.82) is 0 Å². The fourth-order valence-electron chi connectivity index (χ4n) is 1.93. The van der Waals surface area contributed by atoms with Gasteiger partial charge in [-0.2, -0.15) is 24.5 Å². The van der Waals surface area contributed by atoms with Crippen LogP contribution in [0.25, 0.3) is 0 Å². The van der Waals surface area contributed by atoms with Crippen LogP contribution in [0.15, 0.2) is 35.0 Å². The van der Waals surface area contributed by atoms with Crippen LogP contribution < -0.4 is 5.73 Å². The first-order chi connectivity index (χ1) is 9.80. The number of hydrogen-bond donors (Lipinski definition) is 1. The van der Waals surface area contributed by atoms with Gasteiger partial charge in [0.15, 0.2) is 0 Å². The van der Waals surface area contributed by atoms with Crippen molar-refractivity contribution in [3.8, 4) is 0 Å². The summed E-state index contributed by atoms with van der Waals surface area (Å²) in [5.74, 6) is -0.537. The molecule has 0 fully saturated rings. The highest BCUT2D eigenvalue weighted by molar-refractivity contribution is 7.07. The molecule has 3 nitrogen and oxygen atoms in total. The van der Waals surface area contributed by atoms with Crippen molar-refractivity contribution in [3.05, 3.63) is 51.7 Å². The molecule has 0 aliphatic rings. The van der Waals surface area contributed by atoms with Crippen molar-refractivity contribution in [1.82, 2.24) is 4.90 Å². The molecule has 0 atom stereocenters. The summed E-state index contributed by atoms with van der Waals surface area (Å²) in [6.07, 6.45) is -4.58. The minimum absolute atomic E-state index is 0.137. The molecule has 0 aliphatic heterocycles. The van der Waals surface area contributed by atoms with Gasteiger partial charge in [-0.1, -0.05) is 6.07 Å². The van der Waals surface area contributed by atoms with E-state index in [4.69, 9.17) is 5.73 Å².